The number of rotatable bonds is 2. The fourth-order valence-corrected chi connectivity index (χ4v) is 2.18. The molecule has 2 aliphatic rings. The van der Waals surface area contributed by atoms with Crippen molar-refractivity contribution < 1.29 is 9.59 Å². The average molecular weight is 196 g/mol. The molecule has 0 aromatic carbocycles. The molecular weight excluding hydrogens is 180 g/mol. The third-order valence-corrected chi connectivity index (χ3v) is 3.20. The summed E-state index contributed by atoms with van der Waals surface area (Å²) >= 11 is 0. The zero-order chi connectivity index (χ0) is 10.1. The molecule has 1 saturated carbocycles. The molecule has 0 spiro atoms. The molecule has 78 valence electrons. The van der Waals surface area contributed by atoms with Crippen LogP contribution in [0.4, 0.5) is 0 Å². The third-order valence-electron chi connectivity index (χ3n) is 3.20. The lowest BCUT2D eigenvalue weighted by atomic mass is 9.89. The molecule has 0 aromatic heterocycles. The van der Waals surface area contributed by atoms with Gasteiger partial charge in [-0.05, 0) is 25.7 Å². The minimum atomic E-state index is -0.221. The summed E-state index contributed by atoms with van der Waals surface area (Å²) in [6, 6.07) is 0.111. The second-order valence-corrected chi connectivity index (χ2v) is 4.03. The van der Waals surface area contributed by atoms with E-state index >= 15 is 0 Å². The lowest BCUT2D eigenvalue weighted by Gasteiger charge is -2.44. The number of hydrogen-bond donors (Lipinski definition) is 1. The van der Waals surface area contributed by atoms with Gasteiger partial charge < -0.3 is 10.2 Å². The molecule has 14 heavy (non-hydrogen) atoms. The van der Waals surface area contributed by atoms with E-state index in [1.807, 2.05) is 11.8 Å². The lowest BCUT2D eigenvalue weighted by Crippen LogP contribution is -2.62. The number of hydrogen-bond acceptors (Lipinski definition) is 2. The first-order valence-corrected chi connectivity index (χ1v) is 5.33. The Morgan fingerprint density at radius 2 is 2.14 bits per heavy atom. The van der Waals surface area contributed by atoms with Crippen molar-refractivity contribution in [1.29, 1.82) is 0 Å². The molecule has 1 aliphatic carbocycles. The summed E-state index contributed by atoms with van der Waals surface area (Å²) in [5, 5.41) is 2.64. The number of piperazine rings is 1. The first kappa shape index (κ1) is 9.49. The van der Waals surface area contributed by atoms with Crippen LogP contribution >= 0.6 is 0 Å². The van der Waals surface area contributed by atoms with Gasteiger partial charge in [0, 0.05) is 6.04 Å². The Bertz CT molecular complexity index is 261. The highest BCUT2D eigenvalue weighted by Gasteiger charge is 2.39. The number of amides is 2. The molecule has 1 aliphatic heterocycles. The maximum absolute atomic E-state index is 11.7. The normalized spacial score (nSPS) is 28.6. The van der Waals surface area contributed by atoms with Gasteiger partial charge >= 0.3 is 0 Å². The van der Waals surface area contributed by atoms with Gasteiger partial charge in [-0.25, -0.2) is 0 Å². The minimum absolute atomic E-state index is 0.0130. The molecule has 1 unspecified atom stereocenters. The van der Waals surface area contributed by atoms with Crippen LogP contribution in [0.3, 0.4) is 0 Å². The van der Waals surface area contributed by atoms with Crippen LogP contribution in [0, 0.1) is 0 Å². The van der Waals surface area contributed by atoms with Crippen molar-refractivity contribution in [1.82, 2.24) is 10.2 Å². The maximum Gasteiger partial charge on any atom is 0.243 e. The Labute approximate surface area is 83.6 Å². The van der Waals surface area contributed by atoms with Crippen LogP contribution in [0.25, 0.3) is 0 Å². The largest absolute Gasteiger partial charge is 0.345 e. The average Bonchev–Trinajstić information content (AvgIpc) is 2.09. The van der Waals surface area contributed by atoms with E-state index in [1.165, 1.54) is 6.42 Å². The van der Waals surface area contributed by atoms with Crippen LogP contribution in [0.2, 0.25) is 0 Å². The fraction of sp³-hybridized carbons (Fsp3) is 0.800. The van der Waals surface area contributed by atoms with Gasteiger partial charge in [-0.2, -0.15) is 0 Å². The highest BCUT2D eigenvalue weighted by Crippen LogP contribution is 2.28. The number of carbonyl (C=O) groups is 2. The first-order valence-electron chi connectivity index (χ1n) is 5.33. The van der Waals surface area contributed by atoms with E-state index in [2.05, 4.69) is 5.32 Å². The zero-order valence-electron chi connectivity index (χ0n) is 8.45. The summed E-state index contributed by atoms with van der Waals surface area (Å²) in [7, 11) is 0. The summed E-state index contributed by atoms with van der Waals surface area (Å²) in [6.45, 7) is 2.14. The smallest absolute Gasteiger partial charge is 0.243 e. The number of carbonyl (C=O) groups excluding carboxylic acids is 2. The summed E-state index contributed by atoms with van der Waals surface area (Å²) in [4.78, 5) is 25.0. The van der Waals surface area contributed by atoms with Gasteiger partial charge in [-0.1, -0.05) is 6.92 Å². The van der Waals surface area contributed by atoms with Gasteiger partial charge in [0.1, 0.15) is 6.04 Å². The van der Waals surface area contributed by atoms with Crippen molar-refractivity contribution in [3.63, 3.8) is 0 Å². The summed E-state index contributed by atoms with van der Waals surface area (Å²) < 4.78 is 0. The van der Waals surface area contributed by atoms with Crippen LogP contribution in [-0.2, 0) is 9.59 Å². The molecule has 4 heteroatoms. The second-order valence-electron chi connectivity index (χ2n) is 4.03. The minimum Gasteiger partial charge on any atom is -0.345 e. The van der Waals surface area contributed by atoms with E-state index in [9.17, 15) is 9.59 Å². The van der Waals surface area contributed by atoms with Crippen LogP contribution < -0.4 is 5.32 Å². The molecule has 1 atom stereocenters. The van der Waals surface area contributed by atoms with Crippen LogP contribution in [0.1, 0.15) is 32.6 Å². The quantitative estimate of drug-likeness (QED) is 0.689. The predicted molar refractivity (Wildman–Crippen MR) is 51.6 cm³/mol. The predicted octanol–water partition coefficient (Wildman–Crippen LogP) is 0.276. The molecule has 1 saturated heterocycles. The Kier molecular flexibility index (Phi) is 2.44. The number of nitrogens with one attached hydrogen (secondary N) is 1. The summed E-state index contributed by atoms with van der Waals surface area (Å²) in [6.07, 6.45) is 4.03. The zero-order valence-corrected chi connectivity index (χ0v) is 8.45. The maximum atomic E-state index is 11.7. The first-order chi connectivity index (χ1) is 6.74. The van der Waals surface area contributed by atoms with E-state index in [-0.39, 0.29) is 24.4 Å². The standard InChI is InChI=1S/C10H16N2O2/c1-2-8-10(14)11-6-9(13)12(8)7-4-3-5-7/h7-8H,2-6H2,1H3,(H,11,14). The van der Waals surface area contributed by atoms with Crippen LogP contribution in [0.15, 0.2) is 0 Å². The Morgan fingerprint density at radius 1 is 1.43 bits per heavy atom. The van der Waals surface area contributed by atoms with Crippen molar-refractivity contribution in [2.45, 2.75) is 44.7 Å². The SMILES string of the molecule is CCC1C(=O)NCC(=O)N1C1CCC1. The Morgan fingerprint density at radius 3 is 2.64 bits per heavy atom. The third kappa shape index (κ3) is 1.38. The molecule has 1 N–H and O–H groups in total. The van der Waals surface area contributed by atoms with E-state index in [1.54, 1.807) is 0 Å². The highest BCUT2D eigenvalue weighted by molar-refractivity contribution is 5.95. The topological polar surface area (TPSA) is 49.4 Å². The molecule has 0 radical (unpaired) electrons. The monoisotopic (exact) mass is 196 g/mol. The van der Waals surface area contributed by atoms with Crippen molar-refractivity contribution in [2.24, 2.45) is 0 Å². The van der Waals surface area contributed by atoms with E-state index < -0.39 is 0 Å². The summed E-state index contributed by atoms with van der Waals surface area (Å²) in [5.74, 6) is 0.0974. The van der Waals surface area contributed by atoms with Gasteiger partial charge in [-0.3, -0.25) is 9.59 Å². The van der Waals surface area contributed by atoms with E-state index in [0.717, 1.165) is 12.8 Å². The molecule has 4 nitrogen and oxygen atoms in total. The lowest BCUT2D eigenvalue weighted by molar-refractivity contribution is -0.150. The van der Waals surface area contributed by atoms with Gasteiger partial charge in [0.2, 0.25) is 11.8 Å². The molecule has 2 amide bonds. The van der Waals surface area contributed by atoms with Gasteiger partial charge in [-0.15, -0.1) is 0 Å². The summed E-state index contributed by atoms with van der Waals surface area (Å²) in [5.41, 5.74) is 0. The molecule has 0 aromatic rings. The number of nitrogens with zero attached hydrogens (tertiary/aromatic N) is 1. The van der Waals surface area contributed by atoms with Gasteiger partial charge in [0.25, 0.3) is 0 Å². The van der Waals surface area contributed by atoms with Crippen molar-refractivity contribution in [3.05, 3.63) is 0 Å². The Hall–Kier alpha value is -1.06. The van der Waals surface area contributed by atoms with Gasteiger partial charge in [0.15, 0.2) is 0 Å². The molecule has 2 rings (SSSR count). The van der Waals surface area contributed by atoms with Crippen molar-refractivity contribution in [3.8, 4) is 0 Å². The second kappa shape index (κ2) is 3.59. The van der Waals surface area contributed by atoms with Crippen LogP contribution in [0.5, 0.6) is 0 Å². The molecule has 0 bridgehead atoms. The highest BCUT2D eigenvalue weighted by atomic mass is 16.2. The molecular formula is C10H16N2O2. The Balaban J connectivity index is 2.13. The van der Waals surface area contributed by atoms with E-state index in [4.69, 9.17) is 0 Å². The molecule has 2 fully saturated rings. The molecule has 1 heterocycles. The fourth-order valence-electron chi connectivity index (χ4n) is 2.18. The van der Waals surface area contributed by atoms with E-state index in [0.29, 0.717) is 12.5 Å². The van der Waals surface area contributed by atoms with Crippen molar-refractivity contribution >= 4 is 11.8 Å². The van der Waals surface area contributed by atoms with Gasteiger partial charge in [0.05, 0.1) is 6.54 Å². The van der Waals surface area contributed by atoms with Crippen LogP contribution in [-0.4, -0.2) is 35.3 Å². The van der Waals surface area contributed by atoms with Crippen molar-refractivity contribution in [2.75, 3.05) is 6.54 Å².